The minimum atomic E-state index is -6.05. The smallest absolute Gasteiger partial charge is 0.461 e. The van der Waals surface area contributed by atoms with E-state index in [2.05, 4.69) is 20.8 Å². The van der Waals surface area contributed by atoms with Crippen molar-refractivity contribution in [3.05, 3.63) is 12.7 Å². The maximum atomic E-state index is 12.5. The number of carbonyl (C=O) groups is 2. The second kappa shape index (κ2) is 5.54. The molecule has 5 nitrogen and oxygen atoms in total. The Kier molecular flexibility index (Phi) is 4.56. The highest BCUT2D eigenvalue weighted by molar-refractivity contribution is 5.83. The van der Waals surface area contributed by atoms with Crippen molar-refractivity contribution in [3.63, 3.8) is 0 Å². The lowest BCUT2D eigenvalue weighted by Gasteiger charge is -2.30. The van der Waals surface area contributed by atoms with Crippen LogP contribution in [0.15, 0.2) is 12.7 Å². The van der Waals surface area contributed by atoms with E-state index in [1.54, 1.807) is 0 Å². The van der Waals surface area contributed by atoms with Crippen LogP contribution in [0.4, 0.5) is 26.3 Å². The van der Waals surface area contributed by atoms with Crippen LogP contribution in [-0.4, -0.2) is 42.8 Å². The molecule has 0 saturated carbocycles. The van der Waals surface area contributed by atoms with Gasteiger partial charge in [0.05, 0.1) is 6.42 Å². The van der Waals surface area contributed by atoms with E-state index in [0.717, 1.165) is 6.08 Å². The third-order valence-electron chi connectivity index (χ3n) is 2.28. The fraction of sp³-hybridized carbons (Fsp3) is 0.600. The van der Waals surface area contributed by atoms with Crippen LogP contribution in [0.25, 0.3) is 0 Å². The van der Waals surface area contributed by atoms with Crippen molar-refractivity contribution >= 4 is 11.9 Å². The zero-order chi connectivity index (χ0) is 16.5. The van der Waals surface area contributed by atoms with Gasteiger partial charge in [0, 0.05) is 0 Å². The Morgan fingerprint density at radius 2 is 1.81 bits per heavy atom. The number of esters is 2. The summed E-state index contributed by atoms with van der Waals surface area (Å²) >= 11 is 0. The summed E-state index contributed by atoms with van der Waals surface area (Å²) in [6.45, 7) is 2.84. The lowest BCUT2D eigenvalue weighted by Crippen LogP contribution is -2.58. The van der Waals surface area contributed by atoms with Crippen LogP contribution in [0.3, 0.4) is 0 Å². The largest absolute Gasteiger partial charge is 0.465 e. The van der Waals surface area contributed by atoms with E-state index >= 15 is 0 Å². The van der Waals surface area contributed by atoms with Gasteiger partial charge in [0.1, 0.15) is 6.61 Å². The van der Waals surface area contributed by atoms with Crippen LogP contribution >= 0.6 is 0 Å². The van der Waals surface area contributed by atoms with E-state index in [-0.39, 0.29) is 6.61 Å². The second-order valence-corrected chi connectivity index (χ2v) is 3.82. The number of halogens is 6. The fourth-order valence-corrected chi connectivity index (χ4v) is 1.38. The van der Waals surface area contributed by atoms with Gasteiger partial charge in [0.15, 0.2) is 6.10 Å². The van der Waals surface area contributed by atoms with E-state index in [1.165, 1.54) is 0 Å². The number of hydrogen-bond donors (Lipinski definition) is 0. The van der Waals surface area contributed by atoms with Gasteiger partial charge < -0.3 is 14.2 Å². The van der Waals surface area contributed by atoms with Crippen LogP contribution in [0.5, 0.6) is 0 Å². The van der Waals surface area contributed by atoms with Gasteiger partial charge in [-0.1, -0.05) is 12.7 Å². The standard InChI is InChI=1S/C10H8F6O5/c1-2-3-19-6(17)4-5-7(18)21-8(20-5,9(11,12)13)10(14,15)16/h2,5H,1,3-4H2/t5-/m0/s1. The average molecular weight is 322 g/mol. The fourth-order valence-electron chi connectivity index (χ4n) is 1.38. The molecule has 0 aliphatic carbocycles. The lowest BCUT2D eigenvalue weighted by molar-refractivity contribution is -0.439. The van der Waals surface area contributed by atoms with Gasteiger partial charge in [-0.2, -0.15) is 26.3 Å². The summed E-state index contributed by atoms with van der Waals surface area (Å²) in [6.07, 6.45) is -14.5. The molecule has 0 aromatic rings. The van der Waals surface area contributed by atoms with Gasteiger partial charge in [-0.25, -0.2) is 4.79 Å². The van der Waals surface area contributed by atoms with Crippen molar-refractivity contribution in [2.24, 2.45) is 0 Å². The Hall–Kier alpha value is -1.78. The topological polar surface area (TPSA) is 61.8 Å². The molecule has 0 amide bonds. The third-order valence-corrected chi connectivity index (χ3v) is 2.28. The molecule has 0 bridgehead atoms. The van der Waals surface area contributed by atoms with Crippen LogP contribution in [0.1, 0.15) is 6.42 Å². The molecule has 11 heteroatoms. The molecule has 1 fully saturated rings. The first kappa shape index (κ1) is 17.3. The Morgan fingerprint density at radius 1 is 1.29 bits per heavy atom. The monoisotopic (exact) mass is 322 g/mol. The van der Waals surface area contributed by atoms with E-state index in [0.29, 0.717) is 0 Å². The first-order valence-electron chi connectivity index (χ1n) is 5.25. The van der Waals surface area contributed by atoms with Crippen molar-refractivity contribution in [2.75, 3.05) is 6.61 Å². The summed E-state index contributed by atoms with van der Waals surface area (Å²) in [4.78, 5) is 22.2. The summed E-state index contributed by atoms with van der Waals surface area (Å²) < 4.78 is 86.7. The molecule has 1 aliphatic rings. The molecule has 0 unspecified atom stereocenters. The van der Waals surface area contributed by atoms with E-state index in [4.69, 9.17) is 0 Å². The maximum absolute atomic E-state index is 12.5. The predicted molar refractivity (Wildman–Crippen MR) is 51.6 cm³/mol. The zero-order valence-corrected chi connectivity index (χ0v) is 10.1. The third kappa shape index (κ3) is 3.28. The first-order valence-corrected chi connectivity index (χ1v) is 5.25. The Labute approximate surface area is 113 Å². The van der Waals surface area contributed by atoms with Crippen molar-refractivity contribution in [2.45, 2.75) is 30.7 Å². The predicted octanol–water partition coefficient (Wildman–Crippen LogP) is 1.87. The second-order valence-electron chi connectivity index (χ2n) is 3.82. The number of rotatable bonds is 4. The molecule has 0 N–H and O–H groups in total. The zero-order valence-electron chi connectivity index (χ0n) is 10.1. The van der Waals surface area contributed by atoms with Crippen molar-refractivity contribution in [1.29, 1.82) is 0 Å². The molecule has 1 rings (SSSR count). The number of ether oxygens (including phenoxy) is 3. The average Bonchev–Trinajstić information content (AvgIpc) is 2.64. The van der Waals surface area contributed by atoms with Crippen LogP contribution in [0.2, 0.25) is 0 Å². The highest BCUT2D eigenvalue weighted by Gasteiger charge is 2.80. The molecule has 1 saturated heterocycles. The molecule has 21 heavy (non-hydrogen) atoms. The van der Waals surface area contributed by atoms with E-state index in [9.17, 15) is 35.9 Å². The van der Waals surface area contributed by atoms with Crippen LogP contribution in [-0.2, 0) is 23.8 Å². The van der Waals surface area contributed by atoms with Gasteiger partial charge in [0.2, 0.25) is 0 Å². The summed E-state index contributed by atoms with van der Waals surface area (Å²) in [6, 6.07) is 0. The van der Waals surface area contributed by atoms with Gasteiger partial charge in [0.25, 0.3) is 0 Å². The SMILES string of the molecule is C=CCOC(=O)C[C@@H]1OC(C(F)(F)F)(C(F)(F)F)OC1=O. The molecule has 1 heterocycles. The van der Waals surface area contributed by atoms with E-state index < -0.39 is 42.6 Å². The van der Waals surface area contributed by atoms with Gasteiger partial charge in [-0.3, -0.25) is 4.79 Å². The Balaban J connectivity index is 2.93. The molecule has 0 radical (unpaired) electrons. The van der Waals surface area contributed by atoms with Crippen LogP contribution < -0.4 is 0 Å². The van der Waals surface area contributed by atoms with Gasteiger partial charge >= 0.3 is 30.1 Å². The van der Waals surface area contributed by atoms with Crippen LogP contribution in [0, 0.1) is 0 Å². The number of carbonyl (C=O) groups excluding carboxylic acids is 2. The summed E-state index contributed by atoms with van der Waals surface area (Å²) in [5.74, 6) is -8.28. The first-order chi connectivity index (χ1) is 9.44. The van der Waals surface area contributed by atoms with Gasteiger partial charge in [-0.05, 0) is 0 Å². The molecule has 1 atom stereocenters. The molecule has 120 valence electrons. The quantitative estimate of drug-likeness (QED) is 0.449. The normalized spacial score (nSPS) is 21.8. The number of cyclic esters (lactones) is 1. The molecular formula is C10H8F6O5. The highest BCUT2D eigenvalue weighted by atomic mass is 19.4. The Bertz CT molecular complexity index is 426. The highest BCUT2D eigenvalue weighted by Crippen LogP contribution is 2.50. The minimum absolute atomic E-state index is 0.329. The molecule has 0 aromatic carbocycles. The molecular weight excluding hydrogens is 314 g/mol. The summed E-state index contributed by atoms with van der Waals surface area (Å²) in [7, 11) is 0. The molecule has 0 spiro atoms. The van der Waals surface area contributed by atoms with E-state index in [1.807, 2.05) is 0 Å². The maximum Gasteiger partial charge on any atom is 0.465 e. The number of hydrogen-bond acceptors (Lipinski definition) is 5. The lowest BCUT2D eigenvalue weighted by atomic mass is 10.2. The summed E-state index contributed by atoms with van der Waals surface area (Å²) in [5, 5.41) is 0. The van der Waals surface area contributed by atoms with Crippen molar-refractivity contribution in [1.82, 2.24) is 0 Å². The Morgan fingerprint density at radius 3 is 2.19 bits per heavy atom. The van der Waals surface area contributed by atoms with Gasteiger partial charge in [-0.15, -0.1) is 0 Å². The molecule has 0 aromatic heterocycles. The molecule has 1 aliphatic heterocycles. The summed E-state index contributed by atoms with van der Waals surface area (Å²) in [5.41, 5.74) is 0. The minimum Gasteiger partial charge on any atom is -0.461 e. The number of alkyl halides is 6. The van der Waals surface area contributed by atoms with Crippen molar-refractivity contribution in [3.8, 4) is 0 Å². The van der Waals surface area contributed by atoms with Crippen molar-refractivity contribution < 1.29 is 50.1 Å².